The summed E-state index contributed by atoms with van der Waals surface area (Å²) >= 11 is 0. The van der Waals surface area contributed by atoms with Gasteiger partial charge in [-0.3, -0.25) is 0 Å². The van der Waals surface area contributed by atoms with Gasteiger partial charge in [0.2, 0.25) is 0 Å². The molecule has 9 aromatic rings. The van der Waals surface area contributed by atoms with Gasteiger partial charge in [-0.1, -0.05) is 133 Å². The van der Waals surface area contributed by atoms with Gasteiger partial charge in [-0.15, -0.1) is 0 Å². The van der Waals surface area contributed by atoms with Gasteiger partial charge in [0.25, 0.3) is 0 Å². The number of fused-ring (bicyclic) bond motifs is 9. The standard InChI is InChI=1S/C42H26O/c1-2-10-27(11-3-1)29-20-23-36-39(25-29)34-15-5-4-14-33(34)35-22-21-30(26-40(35)36)28-12-8-13-31(24-28)32-17-9-18-38-37-16-6-7-19-41(37)43-42(32)38/h1-26H. The Morgan fingerprint density at radius 3 is 1.58 bits per heavy atom. The van der Waals surface area contributed by atoms with Crippen LogP contribution in [0.2, 0.25) is 0 Å². The predicted octanol–water partition coefficient (Wildman–Crippen LogP) is 12.0. The lowest BCUT2D eigenvalue weighted by atomic mass is 9.90. The quantitative estimate of drug-likeness (QED) is 0.201. The highest BCUT2D eigenvalue weighted by molar-refractivity contribution is 6.26. The molecular weight excluding hydrogens is 520 g/mol. The molecule has 9 rings (SSSR count). The molecule has 0 amide bonds. The van der Waals surface area contributed by atoms with Gasteiger partial charge in [-0.05, 0) is 84.4 Å². The van der Waals surface area contributed by atoms with Crippen LogP contribution in [-0.4, -0.2) is 0 Å². The first-order valence-corrected chi connectivity index (χ1v) is 14.8. The molecule has 0 spiro atoms. The van der Waals surface area contributed by atoms with Crippen molar-refractivity contribution in [1.29, 1.82) is 0 Å². The molecule has 0 N–H and O–H groups in total. The van der Waals surface area contributed by atoms with Gasteiger partial charge < -0.3 is 4.42 Å². The van der Waals surface area contributed by atoms with Crippen LogP contribution in [0.5, 0.6) is 0 Å². The Kier molecular flexibility index (Phi) is 5.27. The van der Waals surface area contributed by atoms with Gasteiger partial charge in [0.15, 0.2) is 0 Å². The van der Waals surface area contributed by atoms with Gasteiger partial charge in [0.1, 0.15) is 11.2 Å². The SMILES string of the molecule is c1ccc(-c2ccc3c(c2)c2ccccc2c2ccc(-c4cccc(-c5cccc6c5oc5ccccc56)c4)cc23)cc1. The minimum absolute atomic E-state index is 0.921. The Hall–Kier alpha value is -5.66. The maximum absolute atomic E-state index is 6.37. The van der Waals surface area contributed by atoms with E-state index in [0.717, 1.165) is 33.1 Å². The molecule has 0 fully saturated rings. The van der Waals surface area contributed by atoms with E-state index in [0.29, 0.717) is 0 Å². The average molecular weight is 547 g/mol. The van der Waals surface area contributed by atoms with Crippen LogP contribution in [-0.2, 0) is 0 Å². The van der Waals surface area contributed by atoms with Crippen LogP contribution in [0, 0.1) is 0 Å². The van der Waals surface area contributed by atoms with Crippen LogP contribution < -0.4 is 0 Å². The Morgan fingerprint density at radius 1 is 0.279 bits per heavy atom. The molecule has 8 aromatic carbocycles. The fourth-order valence-corrected chi connectivity index (χ4v) is 6.79. The fourth-order valence-electron chi connectivity index (χ4n) is 6.79. The monoisotopic (exact) mass is 546 g/mol. The summed E-state index contributed by atoms with van der Waals surface area (Å²) in [6.07, 6.45) is 0. The first-order chi connectivity index (χ1) is 21.3. The zero-order valence-corrected chi connectivity index (χ0v) is 23.4. The molecule has 0 atom stereocenters. The Labute approximate surface area is 249 Å². The van der Waals surface area contributed by atoms with E-state index < -0.39 is 0 Å². The van der Waals surface area contributed by atoms with Crippen LogP contribution in [0.25, 0.3) is 87.6 Å². The molecule has 43 heavy (non-hydrogen) atoms. The van der Waals surface area contributed by atoms with Crippen molar-refractivity contribution in [2.24, 2.45) is 0 Å². The second-order valence-electron chi connectivity index (χ2n) is 11.3. The van der Waals surface area contributed by atoms with Crippen molar-refractivity contribution in [3.05, 3.63) is 158 Å². The summed E-state index contributed by atoms with van der Waals surface area (Å²) in [6.45, 7) is 0. The third-order valence-corrected chi connectivity index (χ3v) is 8.86. The van der Waals surface area contributed by atoms with E-state index in [1.165, 1.54) is 54.6 Å². The minimum Gasteiger partial charge on any atom is -0.455 e. The highest BCUT2D eigenvalue weighted by atomic mass is 16.3. The smallest absolute Gasteiger partial charge is 0.143 e. The van der Waals surface area contributed by atoms with Crippen LogP contribution in [0.15, 0.2) is 162 Å². The molecule has 1 aromatic heterocycles. The second kappa shape index (κ2) is 9.44. The molecule has 0 bridgehead atoms. The van der Waals surface area contributed by atoms with Gasteiger partial charge in [-0.25, -0.2) is 0 Å². The maximum atomic E-state index is 6.37. The first-order valence-electron chi connectivity index (χ1n) is 14.8. The van der Waals surface area contributed by atoms with Gasteiger partial charge in [0, 0.05) is 16.3 Å². The molecule has 0 unspecified atom stereocenters. The van der Waals surface area contributed by atoms with Crippen molar-refractivity contribution in [2.45, 2.75) is 0 Å². The molecule has 0 saturated carbocycles. The minimum atomic E-state index is 0.921. The number of para-hydroxylation sites is 2. The van der Waals surface area contributed by atoms with Gasteiger partial charge >= 0.3 is 0 Å². The summed E-state index contributed by atoms with van der Waals surface area (Å²) in [5.41, 5.74) is 8.99. The normalized spacial score (nSPS) is 11.7. The maximum Gasteiger partial charge on any atom is 0.143 e. The largest absolute Gasteiger partial charge is 0.455 e. The third-order valence-electron chi connectivity index (χ3n) is 8.86. The number of hydrogen-bond acceptors (Lipinski definition) is 1. The molecule has 0 saturated heterocycles. The van der Waals surface area contributed by atoms with E-state index in [9.17, 15) is 0 Å². The van der Waals surface area contributed by atoms with Crippen molar-refractivity contribution in [3.63, 3.8) is 0 Å². The second-order valence-corrected chi connectivity index (χ2v) is 11.3. The summed E-state index contributed by atoms with van der Waals surface area (Å²) in [7, 11) is 0. The van der Waals surface area contributed by atoms with Crippen LogP contribution in [0.4, 0.5) is 0 Å². The van der Waals surface area contributed by atoms with Crippen molar-refractivity contribution in [3.8, 4) is 33.4 Å². The molecule has 0 aliphatic rings. The molecule has 0 radical (unpaired) electrons. The average Bonchev–Trinajstić information content (AvgIpc) is 3.47. The first kappa shape index (κ1) is 24.0. The Morgan fingerprint density at radius 2 is 0.791 bits per heavy atom. The van der Waals surface area contributed by atoms with E-state index in [1.54, 1.807) is 0 Å². The lowest BCUT2D eigenvalue weighted by Crippen LogP contribution is -1.87. The summed E-state index contributed by atoms with van der Waals surface area (Å²) in [6, 6.07) is 56.8. The van der Waals surface area contributed by atoms with Crippen LogP contribution in [0.1, 0.15) is 0 Å². The lowest BCUT2D eigenvalue weighted by Gasteiger charge is -2.14. The molecule has 0 aliphatic carbocycles. The molecular formula is C42H26O. The number of benzene rings is 8. The number of hydrogen-bond donors (Lipinski definition) is 0. The molecule has 0 aliphatic heterocycles. The van der Waals surface area contributed by atoms with Gasteiger partial charge in [0.05, 0.1) is 0 Å². The van der Waals surface area contributed by atoms with Crippen molar-refractivity contribution >= 4 is 54.3 Å². The topological polar surface area (TPSA) is 13.1 Å². The Bertz CT molecular complexity index is 2500. The number of furan rings is 1. The molecule has 200 valence electrons. The molecule has 1 heterocycles. The summed E-state index contributed by atoms with van der Waals surface area (Å²) < 4.78 is 6.37. The number of rotatable bonds is 3. The van der Waals surface area contributed by atoms with E-state index in [-0.39, 0.29) is 0 Å². The van der Waals surface area contributed by atoms with E-state index in [2.05, 4.69) is 146 Å². The van der Waals surface area contributed by atoms with E-state index >= 15 is 0 Å². The van der Waals surface area contributed by atoms with Crippen LogP contribution >= 0.6 is 0 Å². The predicted molar refractivity (Wildman–Crippen MR) is 183 cm³/mol. The van der Waals surface area contributed by atoms with Crippen molar-refractivity contribution in [2.75, 3.05) is 0 Å². The summed E-state index contributed by atoms with van der Waals surface area (Å²) in [4.78, 5) is 0. The Balaban J connectivity index is 1.24. The third kappa shape index (κ3) is 3.79. The summed E-state index contributed by atoms with van der Waals surface area (Å²) in [5, 5.41) is 9.99. The molecule has 1 nitrogen and oxygen atoms in total. The van der Waals surface area contributed by atoms with Crippen molar-refractivity contribution < 1.29 is 4.42 Å². The zero-order valence-electron chi connectivity index (χ0n) is 23.4. The van der Waals surface area contributed by atoms with Crippen molar-refractivity contribution in [1.82, 2.24) is 0 Å². The summed E-state index contributed by atoms with van der Waals surface area (Å²) in [5.74, 6) is 0. The zero-order chi connectivity index (χ0) is 28.3. The van der Waals surface area contributed by atoms with E-state index in [4.69, 9.17) is 4.42 Å². The lowest BCUT2D eigenvalue weighted by molar-refractivity contribution is 0.670. The highest BCUT2D eigenvalue weighted by Crippen LogP contribution is 2.40. The molecule has 1 heteroatoms. The van der Waals surface area contributed by atoms with Crippen LogP contribution in [0.3, 0.4) is 0 Å². The van der Waals surface area contributed by atoms with Gasteiger partial charge in [-0.2, -0.15) is 0 Å². The fraction of sp³-hybridized carbons (Fsp3) is 0. The van der Waals surface area contributed by atoms with E-state index in [1.807, 2.05) is 12.1 Å². The highest BCUT2D eigenvalue weighted by Gasteiger charge is 2.14.